The minimum atomic E-state index is 0.133. The van der Waals surface area contributed by atoms with Crippen LogP contribution in [-0.4, -0.2) is 11.9 Å². The van der Waals surface area contributed by atoms with Crippen molar-refractivity contribution in [1.82, 2.24) is 0 Å². The Morgan fingerprint density at radius 2 is 1.19 bits per heavy atom. The Hall–Kier alpha value is -1.05. The summed E-state index contributed by atoms with van der Waals surface area (Å²) in [5.41, 5.74) is 0. The van der Waals surface area contributed by atoms with E-state index in [2.05, 4.69) is 19.1 Å². The van der Waals surface area contributed by atoms with Crippen LogP contribution in [0.4, 0.5) is 0 Å². The van der Waals surface area contributed by atoms with Gasteiger partial charge in [-0.25, -0.2) is 0 Å². The van der Waals surface area contributed by atoms with Gasteiger partial charge in [0.15, 0.2) is 5.78 Å². The van der Waals surface area contributed by atoms with Gasteiger partial charge in [-0.3, -0.25) is 4.79 Å². The highest BCUT2D eigenvalue weighted by atomic mass is 16.5. The number of unbranched alkanes of at least 4 members (excludes halogenated alkanes) is 17. The van der Waals surface area contributed by atoms with Crippen LogP contribution in [0.25, 0.3) is 0 Å². The first-order valence-electron chi connectivity index (χ1n) is 13.7. The molecule has 0 aromatic carbocycles. The van der Waals surface area contributed by atoms with Crippen LogP contribution >= 0.6 is 0 Å². The van der Waals surface area contributed by atoms with Crippen molar-refractivity contribution in [3.8, 4) is 0 Å². The predicted octanol–water partition coefficient (Wildman–Crippen LogP) is 9.63. The molecule has 0 saturated heterocycles. The fraction of sp³-hybridized carbons (Fsp3) is 0.828. The molecule has 0 fully saturated rings. The quantitative estimate of drug-likeness (QED) is 0.133. The first kappa shape index (κ1) is 28.0. The van der Waals surface area contributed by atoms with E-state index in [1.54, 1.807) is 6.08 Å². The molecule has 1 heterocycles. The largest absolute Gasteiger partial charge is 0.494 e. The van der Waals surface area contributed by atoms with E-state index in [1.165, 1.54) is 122 Å². The highest BCUT2D eigenvalue weighted by Crippen LogP contribution is 2.20. The summed E-state index contributed by atoms with van der Waals surface area (Å²) >= 11 is 0. The smallest absolute Gasteiger partial charge is 0.162 e. The minimum Gasteiger partial charge on any atom is -0.494 e. The number of rotatable bonds is 21. The molecule has 31 heavy (non-hydrogen) atoms. The van der Waals surface area contributed by atoms with Crippen LogP contribution in [0.2, 0.25) is 0 Å². The van der Waals surface area contributed by atoms with Crippen LogP contribution < -0.4 is 0 Å². The zero-order valence-electron chi connectivity index (χ0n) is 21.0. The molecule has 0 saturated carbocycles. The molecule has 1 atom stereocenters. The lowest BCUT2D eigenvalue weighted by molar-refractivity contribution is -0.118. The lowest BCUT2D eigenvalue weighted by atomic mass is 10.0. The van der Waals surface area contributed by atoms with Crippen molar-refractivity contribution >= 4 is 5.78 Å². The molecule has 0 amide bonds. The second-order valence-corrected chi connectivity index (χ2v) is 9.66. The lowest BCUT2D eigenvalue weighted by Gasteiger charge is -2.22. The Bertz CT molecular complexity index is 477. The third-order valence-corrected chi connectivity index (χ3v) is 6.43. The summed E-state index contributed by atoms with van der Waals surface area (Å²) in [6, 6.07) is 0. The van der Waals surface area contributed by atoms with Gasteiger partial charge in [-0.15, -0.1) is 0 Å². The van der Waals surface area contributed by atoms with Gasteiger partial charge in [0, 0.05) is 12.5 Å². The first-order chi connectivity index (χ1) is 15.2. The van der Waals surface area contributed by atoms with Gasteiger partial charge in [-0.1, -0.05) is 109 Å². The van der Waals surface area contributed by atoms with Crippen LogP contribution in [0.15, 0.2) is 24.0 Å². The van der Waals surface area contributed by atoms with E-state index < -0.39 is 0 Å². The van der Waals surface area contributed by atoms with Gasteiger partial charge < -0.3 is 4.74 Å². The van der Waals surface area contributed by atoms with Crippen LogP contribution in [-0.2, 0) is 9.53 Å². The second-order valence-electron chi connectivity index (χ2n) is 9.66. The van der Waals surface area contributed by atoms with E-state index in [0.717, 1.165) is 12.2 Å². The van der Waals surface area contributed by atoms with Crippen LogP contribution in [0, 0.1) is 0 Å². The number of carbonyl (C=O) groups excluding carboxylic acids is 1. The molecular formula is C29H52O2. The van der Waals surface area contributed by atoms with Gasteiger partial charge >= 0.3 is 0 Å². The predicted molar refractivity (Wildman–Crippen MR) is 135 cm³/mol. The Morgan fingerprint density at radius 3 is 1.68 bits per heavy atom. The molecule has 0 bridgehead atoms. The second kappa shape index (κ2) is 20.8. The summed E-state index contributed by atoms with van der Waals surface area (Å²) < 4.78 is 5.74. The maximum Gasteiger partial charge on any atom is 0.162 e. The Kier molecular flexibility index (Phi) is 18.8. The standard InChI is InChI=1S/C29H52O2/c1-3-4-5-6-7-8-9-10-11-12-13-14-15-16-17-18-19-20-21-22-23-24-29-26-28(30)25-27(2)31-29/h10-11,25,29H,3-9,12-24,26H2,1-2H3. The minimum absolute atomic E-state index is 0.133. The molecular weight excluding hydrogens is 380 g/mol. The lowest BCUT2D eigenvalue weighted by Crippen LogP contribution is -2.21. The summed E-state index contributed by atoms with van der Waals surface area (Å²) in [5.74, 6) is 1.02. The molecule has 0 aliphatic carbocycles. The highest BCUT2D eigenvalue weighted by molar-refractivity contribution is 5.91. The van der Waals surface area contributed by atoms with E-state index in [4.69, 9.17) is 4.74 Å². The molecule has 0 N–H and O–H groups in total. The van der Waals surface area contributed by atoms with Crippen molar-refractivity contribution in [3.63, 3.8) is 0 Å². The van der Waals surface area contributed by atoms with Crippen molar-refractivity contribution in [2.24, 2.45) is 0 Å². The Morgan fingerprint density at radius 1 is 0.742 bits per heavy atom. The fourth-order valence-corrected chi connectivity index (χ4v) is 4.51. The van der Waals surface area contributed by atoms with Crippen LogP contribution in [0.1, 0.15) is 149 Å². The van der Waals surface area contributed by atoms with Crippen molar-refractivity contribution in [2.75, 3.05) is 0 Å². The summed E-state index contributed by atoms with van der Waals surface area (Å²) in [7, 11) is 0. The first-order valence-corrected chi connectivity index (χ1v) is 13.7. The van der Waals surface area contributed by atoms with E-state index in [1.807, 2.05) is 6.92 Å². The molecule has 1 aliphatic rings. The van der Waals surface area contributed by atoms with Crippen LogP contribution in [0.3, 0.4) is 0 Å². The third-order valence-electron chi connectivity index (χ3n) is 6.43. The van der Waals surface area contributed by atoms with E-state index in [-0.39, 0.29) is 11.9 Å². The fourth-order valence-electron chi connectivity index (χ4n) is 4.51. The van der Waals surface area contributed by atoms with E-state index in [0.29, 0.717) is 6.42 Å². The average Bonchev–Trinajstić information content (AvgIpc) is 2.74. The van der Waals surface area contributed by atoms with Gasteiger partial charge in [0.2, 0.25) is 0 Å². The topological polar surface area (TPSA) is 26.3 Å². The molecule has 180 valence electrons. The number of allylic oxidation sites excluding steroid dienone is 4. The van der Waals surface area contributed by atoms with Crippen molar-refractivity contribution in [1.29, 1.82) is 0 Å². The molecule has 0 aromatic heterocycles. The van der Waals surface area contributed by atoms with Gasteiger partial charge in [0.1, 0.15) is 6.10 Å². The third kappa shape index (κ3) is 18.2. The zero-order valence-corrected chi connectivity index (χ0v) is 21.0. The van der Waals surface area contributed by atoms with Gasteiger partial charge in [-0.05, 0) is 45.4 Å². The van der Waals surface area contributed by atoms with Crippen molar-refractivity contribution < 1.29 is 9.53 Å². The molecule has 0 radical (unpaired) electrons. The molecule has 0 spiro atoms. The van der Waals surface area contributed by atoms with Crippen molar-refractivity contribution in [3.05, 3.63) is 24.0 Å². The maximum atomic E-state index is 11.5. The Balaban J connectivity index is 1.73. The summed E-state index contributed by atoms with van der Waals surface area (Å²) in [5, 5.41) is 0. The monoisotopic (exact) mass is 432 g/mol. The van der Waals surface area contributed by atoms with E-state index in [9.17, 15) is 4.79 Å². The molecule has 1 aliphatic heterocycles. The highest BCUT2D eigenvalue weighted by Gasteiger charge is 2.18. The number of ketones is 1. The van der Waals surface area contributed by atoms with Gasteiger partial charge in [-0.2, -0.15) is 0 Å². The maximum absolute atomic E-state index is 11.5. The number of carbonyl (C=O) groups is 1. The molecule has 2 nitrogen and oxygen atoms in total. The molecule has 1 rings (SSSR count). The Labute approximate surface area is 194 Å². The molecule has 0 aromatic rings. The average molecular weight is 433 g/mol. The normalized spacial score (nSPS) is 16.6. The van der Waals surface area contributed by atoms with E-state index >= 15 is 0 Å². The van der Waals surface area contributed by atoms with Gasteiger partial charge in [0.05, 0.1) is 5.76 Å². The number of hydrogen-bond acceptors (Lipinski definition) is 2. The summed E-state index contributed by atoms with van der Waals surface area (Å²) in [6.45, 7) is 4.17. The zero-order chi connectivity index (χ0) is 22.4. The number of hydrogen-bond donors (Lipinski definition) is 0. The van der Waals surface area contributed by atoms with Crippen LogP contribution in [0.5, 0.6) is 0 Å². The summed E-state index contributed by atoms with van der Waals surface area (Å²) in [6.07, 6.45) is 34.2. The summed E-state index contributed by atoms with van der Waals surface area (Å²) in [4.78, 5) is 11.5. The SMILES string of the molecule is CCCCCCCCC=CCCCCCCCCCCCCCC1CC(=O)C=C(C)O1. The molecule has 2 heteroatoms. The van der Waals surface area contributed by atoms with Crippen molar-refractivity contribution in [2.45, 2.75) is 155 Å². The molecule has 1 unspecified atom stereocenters. The number of ether oxygens (including phenoxy) is 1. The van der Waals surface area contributed by atoms with Gasteiger partial charge in [0.25, 0.3) is 0 Å².